The molecule has 1 aliphatic rings. The Hall–Kier alpha value is -1.59. The number of methoxy groups -OCH3 is 1. The Morgan fingerprint density at radius 2 is 2.00 bits per heavy atom. The van der Waals surface area contributed by atoms with Crippen molar-refractivity contribution in [2.75, 3.05) is 13.7 Å². The van der Waals surface area contributed by atoms with E-state index in [0.29, 0.717) is 0 Å². The molecule has 0 N–H and O–H groups in total. The van der Waals surface area contributed by atoms with Crippen molar-refractivity contribution in [3.8, 4) is 0 Å². The Bertz CT molecular complexity index is 358. The molecule has 102 valence electrons. The maximum Gasteiger partial charge on any atom is 0.410 e. The Morgan fingerprint density at radius 3 is 2.50 bits per heavy atom. The number of carbonyl (C=O) groups is 3. The molecule has 0 aromatic heterocycles. The zero-order chi connectivity index (χ0) is 13.9. The average Bonchev–Trinajstić information content (AvgIpc) is 2.58. The molecule has 6 heteroatoms. The van der Waals surface area contributed by atoms with E-state index < -0.39 is 23.7 Å². The second-order valence-corrected chi connectivity index (χ2v) is 5.19. The standard InChI is InChI=1S/C12H19NO5/c1-12(2,3)18-11(16)13-6-5-9(14)8(13)7-10(15)17-4/h8H,5-7H2,1-4H3/t8-/m0/s1. The highest BCUT2D eigenvalue weighted by Gasteiger charge is 2.39. The number of hydrogen-bond donors (Lipinski definition) is 0. The van der Waals surface area contributed by atoms with Gasteiger partial charge >= 0.3 is 12.1 Å². The van der Waals surface area contributed by atoms with Crippen LogP contribution in [0, 0.1) is 0 Å². The molecule has 1 fully saturated rings. The van der Waals surface area contributed by atoms with Crippen LogP contribution in [0.25, 0.3) is 0 Å². The summed E-state index contributed by atoms with van der Waals surface area (Å²) in [6, 6.07) is -0.757. The van der Waals surface area contributed by atoms with Gasteiger partial charge in [0, 0.05) is 13.0 Å². The third-order valence-electron chi connectivity index (χ3n) is 2.56. The van der Waals surface area contributed by atoms with Crippen molar-refractivity contribution in [1.29, 1.82) is 0 Å². The lowest BCUT2D eigenvalue weighted by atomic mass is 10.1. The van der Waals surface area contributed by atoms with Gasteiger partial charge in [-0.25, -0.2) is 4.79 Å². The number of carbonyl (C=O) groups excluding carboxylic acids is 3. The van der Waals surface area contributed by atoms with Gasteiger partial charge in [0.1, 0.15) is 11.6 Å². The highest BCUT2D eigenvalue weighted by molar-refractivity contribution is 5.93. The van der Waals surface area contributed by atoms with Crippen molar-refractivity contribution in [3.63, 3.8) is 0 Å². The van der Waals surface area contributed by atoms with E-state index in [0.717, 1.165) is 0 Å². The first kappa shape index (κ1) is 14.5. The van der Waals surface area contributed by atoms with Crippen LogP contribution >= 0.6 is 0 Å². The highest BCUT2D eigenvalue weighted by atomic mass is 16.6. The van der Waals surface area contributed by atoms with E-state index in [-0.39, 0.29) is 25.2 Å². The molecular weight excluding hydrogens is 238 g/mol. The van der Waals surface area contributed by atoms with Gasteiger partial charge in [-0.3, -0.25) is 14.5 Å². The number of esters is 1. The van der Waals surface area contributed by atoms with Gasteiger partial charge in [0.2, 0.25) is 0 Å². The fraction of sp³-hybridized carbons (Fsp3) is 0.750. The first-order valence-electron chi connectivity index (χ1n) is 5.84. The van der Waals surface area contributed by atoms with Crippen LogP contribution in [0.2, 0.25) is 0 Å². The SMILES string of the molecule is COC(=O)C[C@H]1C(=O)CCN1C(=O)OC(C)(C)C. The van der Waals surface area contributed by atoms with Crippen molar-refractivity contribution < 1.29 is 23.9 Å². The molecule has 1 heterocycles. The number of likely N-dealkylation sites (tertiary alicyclic amines) is 1. The van der Waals surface area contributed by atoms with Crippen LogP contribution in [-0.2, 0) is 19.1 Å². The molecule has 0 unspecified atom stereocenters. The van der Waals surface area contributed by atoms with E-state index in [1.54, 1.807) is 20.8 Å². The molecule has 18 heavy (non-hydrogen) atoms. The monoisotopic (exact) mass is 257 g/mol. The minimum Gasteiger partial charge on any atom is -0.469 e. The lowest BCUT2D eigenvalue weighted by molar-refractivity contribution is -0.143. The maximum atomic E-state index is 11.9. The van der Waals surface area contributed by atoms with Crippen LogP contribution in [0.3, 0.4) is 0 Å². The van der Waals surface area contributed by atoms with Gasteiger partial charge in [0.05, 0.1) is 13.5 Å². The normalized spacial score (nSPS) is 19.9. The van der Waals surface area contributed by atoms with Gasteiger partial charge in [-0.1, -0.05) is 0 Å². The molecular formula is C12H19NO5. The van der Waals surface area contributed by atoms with Crippen molar-refractivity contribution in [1.82, 2.24) is 4.90 Å². The summed E-state index contributed by atoms with van der Waals surface area (Å²) in [5.41, 5.74) is -0.626. The largest absolute Gasteiger partial charge is 0.469 e. The Labute approximate surface area is 106 Å². The van der Waals surface area contributed by atoms with Gasteiger partial charge in [-0.15, -0.1) is 0 Å². The average molecular weight is 257 g/mol. The summed E-state index contributed by atoms with van der Waals surface area (Å²) in [6.45, 7) is 5.53. The van der Waals surface area contributed by atoms with Crippen LogP contribution < -0.4 is 0 Å². The molecule has 6 nitrogen and oxygen atoms in total. The maximum absolute atomic E-state index is 11.9. The zero-order valence-corrected chi connectivity index (χ0v) is 11.2. The van der Waals surface area contributed by atoms with Crippen LogP contribution in [-0.4, -0.2) is 48.0 Å². The molecule has 0 saturated carbocycles. The molecule has 0 spiro atoms. The molecule has 0 aromatic carbocycles. The van der Waals surface area contributed by atoms with E-state index in [1.807, 2.05) is 0 Å². The first-order chi connectivity index (χ1) is 8.24. The number of hydrogen-bond acceptors (Lipinski definition) is 5. The van der Waals surface area contributed by atoms with Gasteiger partial charge in [0.15, 0.2) is 5.78 Å². The van der Waals surface area contributed by atoms with E-state index >= 15 is 0 Å². The number of ketones is 1. The minimum atomic E-state index is -0.757. The number of amides is 1. The molecule has 1 saturated heterocycles. The first-order valence-corrected chi connectivity index (χ1v) is 5.84. The summed E-state index contributed by atoms with van der Waals surface area (Å²) >= 11 is 0. The van der Waals surface area contributed by atoms with Gasteiger partial charge < -0.3 is 9.47 Å². The predicted octanol–water partition coefficient (Wildman–Crippen LogP) is 1.13. The number of nitrogens with zero attached hydrogens (tertiary/aromatic N) is 1. The second-order valence-electron chi connectivity index (χ2n) is 5.19. The number of rotatable bonds is 2. The third-order valence-corrected chi connectivity index (χ3v) is 2.56. The Balaban J connectivity index is 2.71. The quantitative estimate of drug-likeness (QED) is 0.693. The lowest BCUT2D eigenvalue weighted by Gasteiger charge is -2.27. The molecule has 1 rings (SSSR count). The Kier molecular flexibility index (Phi) is 4.32. The molecule has 1 aliphatic heterocycles. The fourth-order valence-electron chi connectivity index (χ4n) is 1.73. The summed E-state index contributed by atoms with van der Waals surface area (Å²) < 4.78 is 9.72. The Morgan fingerprint density at radius 1 is 1.39 bits per heavy atom. The second kappa shape index (κ2) is 5.37. The van der Waals surface area contributed by atoms with E-state index in [4.69, 9.17) is 4.74 Å². The molecule has 1 amide bonds. The fourth-order valence-corrected chi connectivity index (χ4v) is 1.73. The van der Waals surface area contributed by atoms with Crippen molar-refractivity contribution in [2.45, 2.75) is 45.3 Å². The molecule has 0 aromatic rings. The predicted molar refractivity (Wildman–Crippen MR) is 63.0 cm³/mol. The summed E-state index contributed by atoms with van der Waals surface area (Å²) in [4.78, 5) is 36.0. The topological polar surface area (TPSA) is 72.9 Å². The highest BCUT2D eigenvalue weighted by Crippen LogP contribution is 2.20. The number of Topliss-reactive ketones (excluding diaryl/α,β-unsaturated/α-hetero) is 1. The number of ether oxygens (including phenoxy) is 2. The van der Waals surface area contributed by atoms with Crippen LogP contribution in [0.15, 0.2) is 0 Å². The van der Waals surface area contributed by atoms with Gasteiger partial charge in [-0.2, -0.15) is 0 Å². The van der Waals surface area contributed by atoms with Crippen LogP contribution in [0.4, 0.5) is 4.79 Å². The van der Waals surface area contributed by atoms with E-state index in [1.165, 1.54) is 12.0 Å². The summed E-state index contributed by atoms with van der Waals surface area (Å²) in [6.07, 6.45) is -0.433. The minimum absolute atomic E-state index is 0.116. The molecule has 0 bridgehead atoms. The summed E-state index contributed by atoms with van der Waals surface area (Å²) in [5, 5.41) is 0. The third kappa shape index (κ3) is 3.72. The van der Waals surface area contributed by atoms with Crippen LogP contribution in [0.5, 0.6) is 0 Å². The van der Waals surface area contributed by atoms with E-state index in [2.05, 4.69) is 4.74 Å². The molecule has 0 aliphatic carbocycles. The van der Waals surface area contributed by atoms with Gasteiger partial charge in [-0.05, 0) is 20.8 Å². The smallest absolute Gasteiger partial charge is 0.410 e. The summed E-state index contributed by atoms with van der Waals surface area (Å²) in [7, 11) is 1.25. The lowest BCUT2D eigenvalue weighted by Crippen LogP contribution is -2.42. The van der Waals surface area contributed by atoms with Crippen molar-refractivity contribution in [3.05, 3.63) is 0 Å². The summed E-state index contributed by atoms with van der Waals surface area (Å²) in [5.74, 6) is -0.643. The van der Waals surface area contributed by atoms with Crippen molar-refractivity contribution in [2.24, 2.45) is 0 Å². The van der Waals surface area contributed by atoms with Gasteiger partial charge in [0.25, 0.3) is 0 Å². The van der Waals surface area contributed by atoms with E-state index in [9.17, 15) is 14.4 Å². The van der Waals surface area contributed by atoms with Crippen LogP contribution in [0.1, 0.15) is 33.6 Å². The molecule has 1 atom stereocenters. The van der Waals surface area contributed by atoms with Crippen molar-refractivity contribution >= 4 is 17.8 Å². The zero-order valence-electron chi connectivity index (χ0n) is 11.2. The molecule has 0 radical (unpaired) electrons.